The minimum atomic E-state index is 0.312. The number of carbonyl (C=O) groups excluding carboxylic acids is 1. The fourth-order valence-corrected chi connectivity index (χ4v) is 1.13. The van der Waals surface area contributed by atoms with Crippen molar-refractivity contribution in [2.24, 2.45) is 0 Å². The van der Waals surface area contributed by atoms with Gasteiger partial charge in [-0.1, -0.05) is 36.0 Å². The van der Waals surface area contributed by atoms with Crippen LogP contribution >= 0.6 is 0 Å². The van der Waals surface area contributed by atoms with Gasteiger partial charge in [-0.2, -0.15) is 0 Å². The highest BCUT2D eigenvalue weighted by Crippen LogP contribution is 2.03. The number of hydrogen-bond donors (Lipinski definition) is 0. The van der Waals surface area contributed by atoms with Crippen molar-refractivity contribution >= 4 is 6.29 Å². The molecule has 2 heteroatoms. The Morgan fingerprint density at radius 3 is 2.94 bits per heavy atom. The van der Waals surface area contributed by atoms with Crippen molar-refractivity contribution in [1.29, 1.82) is 0 Å². The van der Waals surface area contributed by atoms with Gasteiger partial charge < -0.3 is 4.74 Å². The summed E-state index contributed by atoms with van der Waals surface area (Å²) in [6.07, 6.45) is 6.43. The summed E-state index contributed by atoms with van der Waals surface area (Å²) in [5.41, 5.74) is 1.36. The molecule has 0 amide bonds. The Morgan fingerprint density at radius 1 is 1.38 bits per heavy atom. The Kier molecular flexibility index (Phi) is 5.48. The van der Waals surface area contributed by atoms with Gasteiger partial charge in [-0.15, -0.1) is 6.42 Å². The second kappa shape index (κ2) is 7.29. The molecule has 0 aliphatic carbocycles. The van der Waals surface area contributed by atoms with Crippen LogP contribution < -0.4 is 0 Å². The van der Waals surface area contributed by atoms with E-state index in [0.29, 0.717) is 25.2 Å². The van der Waals surface area contributed by atoms with Crippen molar-refractivity contribution in [3.05, 3.63) is 35.4 Å². The summed E-state index contributed by atoms with van der Waals surface area (Å²) < 4.78 is 5.07. The molecule has 0 unspecified atom stereocenters. The minimum Gasteiger partial charge on any atom is -0.368 e. The molecule has 0 aromatic heterocycles. The molecule has 0 spiro atoms. The fourth-order valence-electron chi connectivity index (χ4n) is 1.13. The molecule has 0 N–H and O–H groups in total. The molecule has 0 fully saturated rings. The predicted octanol–water partition coefficient (Wildman–Crippen LogP) is 1.89. The number of carbonyl (C=O) groups is 1. The van der Waals surface area contributed by atoms with Gasteiger partial charge in [0.1, 0.15) is 6.61 Å². The molecular formula is C14H12O2. The van der Waals surface area contributed by atoms with Crippen molar-refractivity contribution in [2.45, 2.75) is 6.42 Å². The average molecular weight is 212 g/mol. The van der Waals surface area contributed by atoms with Crippen molar-refractivity contribution in [1.82, 2.24) is 0 Å². The number of benzene rings is 1. The van der Waals surface area contributed by atoms with Crippen LogP contribution in [0.3, 0.4) is 0 Å². The molecule has 80 valence electrons. The van der Waals surface area contributed by atoms with Crippen molar-refractivity contribution in [2.75, 3.05) is 13.2 Å². The van der Waals surface area contributed by atoms with Crippen molar-refractivity contribution < 1.29 is 9.53 Å². The molecule has 1 aromatic carbocycles. The van der Waals surface area contributed by atoms with E-state index in [4.69, 9.17) is 11.2 Å². The maximum atomic E-state index is 10.7. The van der Waals surface area contributed by atoms with E-state index < -0.39 is 0 Å². The highest BCUT2D eigenvalue weighted by Gasteiger charge is 1.94. The topological polar surface area (TPSA) is 26.3 Å². The zero-order valence-electron chi connectivity index (χ0n) is 8.90. The third-order valence-electron chi connectivity index (χ3n) is 1.87. The third-order valence-corrected chi connectivity index (χ3v) is 1.87. The Bertz CT molecular complexity index is 444. The largest absolute Gasteiger partial charge is 0.368 e. The summed E-state index contributed by atoms with van der Waals surface area (Å²) in [6.45, 7) is 0.826. The molecule has 2 nitrogen and oxygen atoms in total. The van der Waals surface area contributed by atoms with Gasteiger partial charge in [0.25, 0.3) is 0 Å². The monoisotopic (exact) mass is 212 g/mol. The molecule has 0 aliphatic heterocycles. The second-order valence-corrected chi connectivity index (χ2v) is 3.01. The van der Waals surface area contributed by atoms with E-state index in [2.05, 4.69) is 17.8 Å². The Labute approximate surface area is 95.6 Å². The van der Waals surface area contributed by atoms with Crippen LogP contribution in [0.4, 0.5) is 0 Å². The molecule has 0 heterocycles. The van der Waals surface area contributed by atoms with E-state index >= 15 is 0 Å². The maximum Gasteiger partial charge on any atom is 0.151 e. The number of terminal acetylenes is 1. The van der Waals surface area contributed by atoms with Crippen LogP contribution in [0.25, 0.3) is 0 Å². The zero-order valence-corrected chi connectivity index (χ0v) is 8.90. The third kappa shape index (κ3) is 4.00. The summed E-state index contributed by atoms with van der Waals surface area (Å²) >= 11 is 0. The van der Waals surface area contributed by atoms with Gasteiger partial charge in [0.15, 0.2) is 6.29 Å². The lowest BCUT2D eigenvalue weighted by molar-refractivity contribution is 0.112. The smallest absolute Gasteiger partial charge is 0.151 e. The first kappa shape index (κ1) is 12.0. The van der Waals surface area contributed by atoms with Gasteiger partial charge in [0.05, 0.1) is 6.61 Å². The Hall–Kier alpha value is -2.03. The normalized spacial score (nSPS) is 8.69. The van der Waals surface area contributed by atoms with Gasteiger partial charge in [0.2, 0.25) is 0 Å². The lowest BCUT2D eigenvalue weighted by atomic mass is 10.1. The molecule has 1 aromatic rings. The van der Waals surface area contributed by atoms with E-state index in [1.54, 1.807) is 6.07 Å². The molecule has 16 heavy (non-hydrogen) atoms. The Morgan fingerprint density at radius 2 is 2.19 bits per heavy atom. The summed E-state index contributed by atoms with van der Waals surface area (Å²) in [5.74, 6) is 8.24. The van der Waals surface area contributed by atoms with Crippen LogP contribution in [-0.4, -0.2) is 19.5 Å². The van der Waals surface area contributed by atoms with E-state index in [-0.39, 0.29) is 0 Å². The minimum absolute atomic E-state index is 0.312. The van der Waals surface area contributed by atoms with Crippen LogP contribution in [0.2, 0.25) is 0 Å². The van der Waals surface area contributed by atoms with Crippen molar-refractivity contribution in [3.8, 4) is 24.2 Å². The van der Waals surface area contributed by atoms with Gasteiger partial charge >= 0.3 is 0 Å². The van der Waals surface area contributed by atoms with Crippen LogP contribution in [0.15, 0.2) is 24.3 Å². The molecule has 0 aliphatic rings. The first-order valence-corrected chi connectivity index (χ1v) is 4.92. The van der Waals surface area contributed by atoms with Crippen LogP contribution in [0, 0.1) is 24.2 Å². The van der Waals surface area contributed by atoms with Gasteiger partial charge in [0, 0.05) is 17.5 Å². The molecule has 0 radical (unpaired) electrons. The van der Waals surface area contributed by atoms with E-state index in [9.17, 15) is 4.79 Å². The summed E-state index contributed by atoms with van der Waals surface area (Å²) in [6, 6.07) is 7.22. The lowest BCUT2D eigenvalue weighted by Crippen LogP contribution is -1.92. The van der Waals surface area contributed by atoms with E-state index in [0.717, 1.165) is 11.8 Å². The summed E-state index contributed by atoms with van der Waals surface area (Å²) in [5, 5.41) is 0. The van der Waals surface area contributed by atoms with Gasteiger partial charge in [-0.3, -0.25) is 4.79 Å². The maximum absolute atomic E-state index is 10.7. The predicted molar refractivity (Wildman–Crippen MR) is 63.0 cm³/mol. The van der Waals surface area contributed by atoms with Crippen molar-refractivity contribution in [3.63, 3.8) is 0 Å². The first-order chi connectivity index (χ1) is 7.88. The number of ether oxygens (including phenoxy) is 1. The number of hydrogen-bond acceptors (Lipinski definition) is 2. The standard InChI is InChI=1S/C14H12O2/c1-2-10-16-11-6-5-8-13-7-3-4-9-14(13)12-15/h1,3-4,7,9,12H,6,10-11H2. The average Bonchev–Trinajstić information content (AvgIpc) is 2.34. The van der Waals surface area contributed by atoms with E-state index in [1.165, 1.54) is 0 Å². The molecular weight excluding hydrogens is 200 g/mol. The van der Waals surface area contributed by atoms with Crippen LogP contribution in [0.1, 0.15) is 22.3 Å². The van der Waals surface area contributed by atoms with Crippen LogP contribution in [0.5, 0.6) is 0 Å². The SMILES string of the molecule is C#CCOCCC#Cc1ccccc1C=O. The first-order valence-electron chi connectivity index (χ1n) is 4.92. The zero-order chi connectivity index (χ0) is 11.6. The highest BCUT2D eigenvalue weighted by molar-refractivity contribution is 5.79. The van der Waals surface area contributed by atoms with E-state index in [1.807, 2.05) is 18.2 Å². The van der Waals surface area contributed by atoms with Gasteiger partial charge in [-0.05, 0) is 6.07 Å². The van der Waals surface area contributed by atoms with Gasteiger partial charge in [-0.25, -0.2) is 0 Å². The Balaban J connectivity index is 2.50. The second-order valence-electron chi connectivity index (χ2n) is 3.01. The van der Waals surface area contributed by atoms with Crippen LogP contribution in [-0.2, 0) is 4.74 Å². The fraction of sp³-hybridized carbons (Fsp3) is 0.214. The highest BCUT2D eigenvalue weighted by atomic mass is 16.5. The molecule has 0 atom stereocenters. The molecule has 0 saturated carbocycles. The quantitative estimate of drug-likeness (QED) is 0.433. The summed E-state index contributed by atoms with van der Waals surface area (Å²) in [4.78, 5) is 10.7. The molecule has 0 saturated heterocycles. The molecule has 1 rings (SSSR count). The molecule has 0 bridgehead atoms. The summed E-state index contributed by atoms with van der Waals surface area (Å²) in [7, 11) is 0. The number of rotatable bonds is 4. The number of aldehydes is 1. The lowest BCUT2D eigenvalue weighted by Gasteiger charge is -1.95.